The maximum absolute atomic E-state index is 12.4. The Bertz CT molecular complexity index is 801. The van der Waals surface area contributed by atoms with E-state index < -0.39 is 0 Å². The summed E-state index contributed by atoms with van der Waals surface area (Å²) in [5, 5.41) is 2.87. The summed E-state index contributed by atoms with van der Waals surface area (Å²) < 4.78 is 0. The molecule has 1 aromatic carbocycles. The van der Waals surface area contributed by atoms with E-state index in [0.29, 0.717) is 5.56 Å². The molecule has 0 saturated heterocycles. The van der Waals surface area contributed by atoms with E-state index in [-0.39, 0.29) is 24.2 Å². The molecule has 1 aromatic heterocycles. The van der Waals surface area contributed by atoms with E-state index in [1.807, 2.05) is 39.1 Å². The average Bonchev–Trinajstić information content (AvgIpc) is 2.96. The Hall–Kier alpha value is -2.56. The number of rotatable bonds is 3. The largest absolute Gasteiger partial charge is 0.334 e. The molecule has 0 unspecified atom stereocenters. The number of urea groups is 1. The lowest BCUT2D eigenvalue weighted by molar-refractivity contribution is 0.191. The third kappa shape index (κ3) is 3.20. The van der Waals surface area contributed by atoms with Gasteiger partial charge in [0.25, 0.3) is 5.56 Å². The van der Waals surface area contributed by atoms with Crippen LogP contribution in [0.3, 0.4) is 0 Å². The molecule has 0 spiro atoms. The Kier molecular flexibility index (Phi) is 4.42. The summed E-state index contributed by atoms with van der Waals surface area (Å²) in [5.74, 6) is 0. The van der Waals surface area contributed by atoms with Crippen molar-refractivity contribution >= 4 is 6.03 Å². The number of pyridine rings is 1. The second kappa shape index (κ2) is 6.51. The van der Waals surface area contributed by atoms with Crippen molar-refractivity contribution in [3.63, 3.8) is 0 Å². The Balaban J connectivity index is 1.63. The van der Waals surface area contributed by atoms with Crippen LogP contribution in [0.1, 0.15) is 27.9 Å². The Morgan fingerprint density at radius 1 is 1.25 bits per heavy atom. The van der Waals surface area contributed by atoms with Crippen molar-refractivity contribution in [1.29, 1.82) is 0 Å². The number of likely N-dealkylation sites (N-methyl/N-ethyl adjacent to an activating group) is 1. The number of nitrogens with one attached hydrogen (secondary N) is 2. The highest BCUT2D eigenvalue weighted by Gasteiger charge is 2.27. The fraction of sp³-hybridized carbons (Fsp3) is 0.368. The lowest BCUT2D eigenvalue weighted by Crippen LogP contribution is -2.44. The van der Waals surface area contributed by atoms with Gasteiger partial charge in [-0.05, 0) is 49.4 Å². The first kappa shape index (κ1) is 16.3. The van der Waals surface area contributed by atoms with Gasteiger partial charge in [0.1, 0.15) is 0 Å². The molecule has 126 valence electrons. The molecule has 0 saturated carbocycles. The molecular formula is C19H23N3O2. The SMILES string of the molecule is Cc1cc(C)c(CNC(=O)N(C)C2Cc3ccccc3C2)c(=O)[nH]1. The van der Waals surface area contributed by atoms with Crippen LogP contribution >= 0.6 is 0 Å². The molecular weight excluding hydrogens is 302 g/mol. The third-order valence-electron chi connectivity index (χ3n) is 4.81. The lowest BCUT2D eigenvalue weighted by Gasteiger charge is -2.24. The maximum atomic E-state index is 12.4. The molecule has 0 aliphatic heterocycles. The van der Waals surface area contributed by atoms with Crippen molar-refractivity contribution in [3.05, 3.63) is 68.6 Å². The molecule has 2 N–H and O–H groups in total. The molecule has 5 heteroatoms. The van der Waals surface area contributed by atoms with E-state index in [0.717, 1.165) is 24.1 Å². The van der Waals surface area contributed by atoms with Crippen molar-refractivity contribution < 1.29 is 4.79 Å². The van der Waals surface area contributed by atoms with Crippen LogP contribution in [0, 0.1) is 13.8 Å². The number of hydrogen-bond donors (Lipinski definition) is 2. The van der Waals surface area contributed by atoms with E-state index in [4.69, 9.17) is 0 Å². The molecule has 1 heterocycles. The highest BCUT2D eigenvalue weighted by Crippen LogP contribution is 2.24. The number of hydrogen-bond acceptors (Lipinski definition) is 2. The molecule has 1 aliphatic rings. The first-order valence-corrected chi connectivity index (χ1v) is 8.22. The fourth-order valence-corrected chi connectivity index (χ4v) is 3.37. The summed E-state index contributed by atoms with van der Waals surface area (Å²) >= 11 is 0. The topological polar surface area (TPSA) is 65.2 Å². The number of fused-ring (bicyclic) bond motifs is 1. The summed E-state index contributed by atoms with van der Waals surface area (Å²) in [4.78, 5) is 29.0. The molecule has 1 aliphatic carbocycles. The molecule has 2 aromatic rings. The summed E-state index contributed by atoms with van der Waals surface area (Å²) in [5.41, 5.74) is 4.82. The van der Waals surface area contributed by atoms with Crippen LogP contribution in [-0.2, 0) is 19.4 Å². The van der Waals surface area contributed by atoms with Gasteiger partial charge in [-0.15, -0.1) is 0 Å². The van der Waals surface area contributed by atoms with Crippen LogP contribution in [0.4, 0.5) is 4.79 Å². The molecule has 0 bridgehead atoms. The predicted octanol–water partition coefficient (Wildman–Crippen LogP) is 2.30. The first-order valence-electron chi connectivity index (χ1n) is 8.22. The van der Waals surface area contributed by atoms with Crippen LogP contribution in [0.5, 0.6) is 0 Å². The van der Waals surface area contributed by atoms with E-state index in [1.54, 1.807) is 4.90 Å². The van der Waals surface area contributed by atoms with Gasteiger partial charge in [-0.2, -0.15) is 0 Å². The van der Waals surface area contributed by atoms with Crippen molar-refractivity contribution in [3.8, 4) is 0 Å². The quantitative estimate of drug-likeness (QED) is 0.909. The van der Waals surface area contributed by atoms with Crippen molar-refractivity contribution in [2.75, 3.05) is 7.05 Å². The Morgan fingerprint density at radius 2 is 1.88 bits per heavy atom. The van der Waals surface area contributed by atoms with E-state index in [2.05, 4.69) is 22.4 Å². The molecule has 0 fully saturated rings. The molecule has 3 rings (SSSR count). The zero-order valence-corrected chi connectivity index (χ0v) is 14.3. The third-order valence-corrected chi connectivity index (χ3v) is 4.81. The van der Waals surface area contributed by atoms with E-state index in [1.165, 1.54) is 11.1 Å². The number of H-pyrrole nitrogens is 1. The van der Waals surface area contributed by atoms with Gasteiger partial charge in [-0.3, -0.25) is 4.79 Å². The molecule has 5 nitrogen and oxygen atoms in total. The van der Waals surface area contributed by atoms with Crippen molar-refractivity contribution in [2.45, 2.75) is 39.3 Å². The first-order chi connectivity index (χ1) is 11.5. The van der Waals surface area contributed by atoms with Gasteiger partial charge < -0.3 is 15.2 Å². The summed E-state index contributed by atoms with van der Waals surface area (Å²) in [7, 11) is 1.82. The highest BCUT2D eigenvalue weighted by atomic mass is 16.2. The number of nitrogens with zero attached hydrogens (tertiary/aromatic N) is 1. The minimum atomic E-state index is -0.146. The predicted molar refractivity (Wildman–Crippen MR) is 94.2 cm³/mol. The average molecular weight is 325 g/mol. The smallest absolute Gasteiger partial charge is 0.317 e. The van der Waals surface area contributed by atoms with Crippen molar-refractivity contribution in [1.82, 2.24) is 15.2 Å². The number of amides is 2. The number of aryl methyl sites for hydroxylation is 2. The lowest BCUT2D eigenvalue weighted by atomic mass is 10.1. The zero-order valence-electron chi connectivity index (χ0n) is 14.3. The van der Waals surface area contributed by atoms with Gasteiger partial charge in [-0.1, -0.05) is 24.3 Å². The van der Waals surface area contributed by atoms with Gasteiger partial charge >= 0.3 is 6.03 Å². The highest BCUT2D eigenvalue weighted by molar-refractivity contribution is 5.74. The molecule has 0 radical (unpaired) electrons. The Labute approximate surface area is 141 Å². The minimum absolute atomic E-state index is 0.135. The van der Waals surface area contributed by atoms with E-state index in [9.17, 15) is 9.59 Å². The van der Waals surface area contributed by atoms with Gasteiger partial charge in [-0.25, -0.2) is 4.79 Å². The second-order valence-electron chi connectivity index (χ2n) is 6.54. The Morgan fingerprint density at radius 3 is 2.46 bits per heavy atom. The second-order valence-corrected chi connectivity index (χ2v) is 6.54. The summed E-state index contributed by atoms with van der Waals surface area (Å²) in [6, 6.07) is 10.3. The standard InChI is InChI=1S/C19H23N3O2/c1-12-8-13(2)21-18(23)17(12)11-20-19(24)22(3)16-9-14-6-4-5-7-15(14)10-16/h4-8,16H,9-11H2,1-3H3,(H,20,24)(H,21,23). The van der Waals surface area contributed by atoms with Crippen LogP contribution in [0.25, 0.3) is 0 Å². The van der Waals surface area contributed by atoms with Crippen LogP contribution in [0.2, 0.25) is 0 Å². The van der Waals surface area contributed by atoms with E-state index >= 15 is 0 Å². The zero-order chi connectivity index (χ0) is 17.3. The molecule has 2 amide bonds. The van der Waals surface area contributed by atoms with Crippen molar-refractivity contribution in [2.24, 2.45) is 0 Å². The number of aromatic nitrogens is 1. The van der Waals surface area contributed by atoms with Crippen LogP contribution < -0.4 is 10.9 Å². The number of aromatic amines is 1. The van der Waals surface area contributed by atoms with Gasteiger partial charge in [0.05, 0.1) is 6.54 Å². The van der Waals surface area contributed by atoms with Gasteiger partial charge in [0.2, 0.25) is 0 Å². The molecule has 0 atom stereocenters. The summed E-state index contributed by atoms with van der Waals surface area (Å²) in [6.07, 6.45) is 1.76. The number of carbonyl (C=O) groups excluding carboxylic acids is 1. The van der Waals surface area contributed by atoms with Gasteiger partial charge in [0.15, 0.2) is 0 Å². The van der Waals surface area contributed by atoms with Crippen LogP contribution in [-0.4, -0.2) is 29.0 Å². The number of benzene rings is 1. The monoisotopic (exact) mass is 325 g/mol. The normalized spacial score (nSPS) is 13.6. The minimum Gasteiger partial charge on any atom is -0.334 e. The number of carbonyl (C=O) groups is 1. The van der Waals surface area contributed by atoms with Gasteiger partial charge in [0, 0.05) is 24.3 Å². The fourth-order valence-electron chi connectivity index (χ4n) is 3.37. The summed E-state index contributed by atoms with van der Waals surface area (Å²) in [6.45, 7) is 3.98. The maximum Gasteiger partial charge on any atom is 0.317 e. The molecule has 24 heavy (non-hydrogen) atoms. The van der Waals surface area contributed by atoms with Crippen LogP contribution in [0.15, 0.2) is 35.1 Å².